The van der Waals surface area contributed by atoms with E-state index in [1.165, 1.54) is 44.7 Å². The molecule has 0 aliphatic rings. The molecule has 3 rings (SSSR count). The molecule has 1 aromatic heterocycles. The Hall–Kier alpha value is -3.20. The predicted molar refractivity (Wildman–Crippen MR) is 114 cm³/mol. The van der Waals surface area contributed by atoms with Crippen LogP contribution < -0.4 is 14.2 Å². The van der Waals surface area contributed by atoms with E-state index in [4.69, 9.17) is 14.2 Å². The van der Waals surface area contributed by atoms with E-state index in [1.807, 2.05) is 13.8 Å². The molecular formula is C23H27F2N3O4. The zero-order valence-electron chi connectivity index (χ0n) is 18.7. The second-order valence-electron chi connectivity index (χ2n) is 7.80. The molecule has 0 radical (unpaired) electrons. The fourth-order valence-electron chi connectivity index (χ4n) is 3.96. The van der Waals surface area contributed by atoms with Gasteiger partial charge in [0.1, 0.15) is 35.6 Å². The molecule has 0 aliphatic carbocycles. The Labute approximate surface area is 185 Å². The van der Waals surface area contributed by atoms with Crippen molar-refractivity contribution in [1.82, 2.24) is 14.8 Å². The first-order valence-corrected chi connectivity index (χ1v) is 10.1. The van der Waals surface area contributed by atoms with Gasteiger partial charge in [0, 0.05) is 29.2 Å². The van der Waals surface area contributed by atoms with Crippen LogP contribution in [0.4, 0.5) is 8.78 Å². The van der Waals surface area contributed by atoms with E-state index >= 15 is 0 Å². The van der Waals surface area contributed by atoms with Gasteiger partial charge < -0.3 is 19.3 Å². The van der Waals surface area contributed by atoms with E-state index < -0.39 is 17.2 Å². The molecule has 1 atom stereocenters. The highest BCUT2D eigenvalue weighted by atomic mass is 19.1. The fraction of sp³-hybridized carbons (Fsp3) is 0.391. The molecule has 0 amide bonds. The number of halogens is 2. The molecule has 1 unspecified atom stereocenters. The Kier molecular flexibility index (Phi) is 6.98. The Morgan fingerprint density at radius 1 is 1.06 bits per heavy atom. The van der Waals surface area contributed by atoms with E-state index in [0.717, 1.165) is 17.7 Å². The summed E-state index contributed by atoms with van der Waals surface area (Å²) in [5, 5.41) is 15.7. The lowest BCUT2D eigenvalue weighted by molar-refractivity contribution is 0.0111. The molecule has 2 aromatic carbocycles. The summed E-state index contributed by atoms with van der Waals surface area (Å²) in [7, 11) is 4.55. The van der Waals surface area contributed by atoms with E-state index in [0.29, 0.717) is 22.8 Å². The van der Waals surface area contributed by atoms with Gasteiger partial charge in [-0.3, -0.25) is 0 Å². The van der Waals surface area contributed by atoms with Gasteiger partial charge >= 0.3 is 0 Å². The number of hydrogen-bond donors (Lipinski definition) is 1. The van der Waals surface area contributed by atoms with Gasteiger partial charge in [0.25, 0.3) is 0 Å². The standard InChI is InChI=1S/C23H27F2N3O4/c1-14(2)20-19(30-3)8-15(21(31-4)22(20)32-5)10-23(29,11-28-13-26-12-27-28)17-7-6-16(24)9-18(17)25/h6-9,12-14,29H,10-11H2,1-5H3. The third-order valence-electron chi connectivity index (χ3n) is 5.32. The Bertz CT molecular complexity index is 1070. The van der Waals surface area contributed by atoms with Crippen LogP contribution in [-0.2, 0) is 18.6 Å². The second-order valence-corrected chi connectivity index (χ2v) is 7.80. The number of nitrogens with zero attached hydrogens (tertiary/aromatic N) is 3. The number of ether oxygens (including phenoxy) is 3. The molecule has 7 nitrogen and oxygen atoms in total. The van der Waals surface area contributed by atoms with Gasteiger partial charge in [-0.2, -0.15) is 5.10 Å². The summed E-state index contributed by atoms with van der Waals surface area (Å²) in [5.74, 6) is -0.126. The fourth-order valence-corrected chi connectivity index (χ4v) is 3.96. The zero-order valence-corrected chi connectivity index (χ0v) is 18.7. The van der Waals surface area contributed by atoms with Crippen molar-refractivity contribution < 1.29 is 28.1 Å². The van der Waals surface area contributed by atoms with E-state index in [-0.39, 0.29) is 24.4 Å². The summed E-state index contributed by atoms with van der Waals surface area (Å²) in [4.78, 5) is 3.89. The van der Waals surface area contributed by atoms with Gasteiger partial charge in [-0.05, 0) is 18.1 Å². The van der Waals surface area contributed by atoms with Gasteiger partial charge in [0.05, 0.1) is 27.9 Å². The van der Waals surface area contributed by atoms with Crippen molar-refractivity contribution in [3.8, 4) is 17.2 Å². The van der Waals surface area contributed by atoms with Crippen LogP contribution in [0.15, 0.2) is 36.9 Å². The molecule has 1 heterocycles. The van der Waals surface area contributed by atoms with Crippen molar-refractivity contribution in [3.05, 3.63) is 65.2 Å². The average molecular weight is 447 g/mol. The van der Waals surface area contributed by atoms with Crippen LogP contribution in [0.25, 0.3) is 0 Å². The molecule has 0 aliphatic heterocycles. The van der Waals surface area contributed by atoms with Crippen LogP contribution in [0.3, 0.4) is 0 Å². The first kappa shape index (κ1) is 23.5. The van der Waals surface area contributed by atoms with Crippen LogP contribution in [0.1, 0.15) is 36.5 Å². The topological polar surface area (TPSA) is 78.6 Å². The quantitative estimate of drug-likeness (QED) is 0.537. The van der Waals surface area contributed by atoms with Crippen molar-refractivity contribution in [2.75, 3.05) is 21.3 Å². The first-order chi connectivity index (χ1) is 15.2. The highest BCUT2D eigenvalue weighted by molar-refractivity contribution is 5.60. The number of aliphatic hydroxyl groups is 1. The molecule has 0 saturated carbocycles. The van der Waals surface area contributed by atoms with Crippen LogP contribution in [-0.4, -0.2) is 41.2 Å². The van der Waals surface area contributed by atoms with Crippen LogP contribution in [0.5, 0.6) is 17.2 Å². The van der Waals surface area contributed by atoms with Crippen molar-refractivity contribution in [1.29, 1.82) is 0 Å². The minimum atomic E-state index is -1.81. The molecule has 3 aromatic rings. The maximum absolute atomic E-state index is 14.8. The van der Waals surface area contributed by atoms with Crippen molar-refractivity contribution in [2.45, 2.75) is 38.3 Å². The minimum Gasteiger partial charge on any atom is -0.496 e. The monoisotopic (exact) mass is 447 g/mol. The van der Waals surface area contributed by atoms with Crippen molar-refractivity contribution in [2.24, 2.45) is 0 Å². The van der Waals surface area contributed by atoms with Crippen LogP contribution >= 0.6 is 0 Å². The summed E-state index contributed by atoms with van der Waals surface area (Å²) in [6.07, 6.45) is 2.63. The number of hydrogen-bond acceptors (Lipinski definition) is 6. The average Bonchev–Trinajstić information content (AvgIpc) is 3.24. The van der Waals surface area contributed by atoms with Gasteiger partial charge in [0.15, 0.2) is 11.5 Å². The molecule has 0 spiro atoms. The molecule has 9 heteroatoms. The molecule has 0 bridgehead atoms. The maximum atomic E-state index is 14.8. The normalized spacial score (nSPS) is 13.2. The van der Waals surface area contributed by atoms with E-state index in [9.17, 15) is 13.9 Å². The lowest BCUT2D eigenvalue weighted by Gasteiger charge is -2.31. The van der Waals surface area contributed by atoms with Crippen LogP contribution in [0, 0.1) is 11.6 Å². The molecular weight excluding hydrogens is 420 g/mol. The number of methoxy groups -OCH3 is 3. The lowest BCUT2D eigenvalue weighted by atomic mass is 9.85. The smallest absolute Gasteiger partial charge is 0.168 e. The third kappa shape index (κ3) is 4.52. The summed E-state index contributed by atoms with van der Waals surface area (Å²) in [6, 6.07) is 4.81. The van der Waals surface area contributed by atoms with Gasteiger partial charge in [0.2, 0.25) is 0 Å². The van der Waals surface area contributed by atoms with Crippen molar-refractivity contribution in [3.63, 3.8) is 0 Å². The third-order valence-corrected chi connectivity index (χ3v) is 5.32. The summed E-state index contributed by atoms with van der Waals surface area (Å²) >= 11 is 0. The highest BCUT2D eigenvalue weighted by Crippen LogP contribution is 2.46. The summed E-state index contributed by atoms with van der Waals surface area (Å²) in [6.45, 7) is 3.86. The Morgan fingerprint density at radius 3 is 2.31 bits per heavy atom. The molecule has 0 fully saturated rings. The second kappa shape index (κ2) is 9.52. The lowest BCUT2D eigenvalue weighted by Crippen LogP contribution is -2.35. The number of rotatable bonds is 9. The summed E-state index contributed by atoms with van der Waals surface area (Å²) in [5.41, 5.74) is -0.559. The Balaban J connectivity index is 2.19. The first-order valence-electron chi connectivity index (χ1n) is 10.1. The summed E-state index contributed by atoms with van der Waals surface area (Å²) < 4.78 is 46.6. The van der Waals surface area contributed by atoms with Gasteiger partial charge in [-0.25, -0.2) is 18.4 Å². The molecule has 32 heavy (non-hydrogen) atoms. The number of aromatic nitrogens is 3. The predicted octanol–water partition coefficient (Wildman–Crippen LogP) is 3.84. The van der Waals surface area contributed by atoms with Crippen LogP contribution in [0.2, 0.25) is 0 Å². The van der Waals surface area contributed by atoms with E-state index in [2.05, 4.69) is 10.1 Å². The minimum absolute atomic E-state index is 0.0615. The van der Waals surface area contributed by atoms with Gasteiger partial charge in [-0.15, -0.1) is 0 Å². The molecule has 1 N–H and O–H groups in total. The van der Waals surface area contributed by atoms with E-state index in [1.54, 1.807) is 6.07 Å². The van der Waals surface area contributed by atoms with Gasteiger partial charge in [-0.1, -0.05) is 19.9 Å². The zero-order chi connectivity index (χ0) is 23.5. The van der Waals surface area contributed by atoms with Crippen molar-refractivity contribution >= 4 is 0 Å². The largest absolute Gasteiger partial charge is 0.496 e. The number of benzene rings is 2. The molecule has 0 saturated heterocycles. The Morgan fingerprint density at radius 2 is 1.78 bits per heavy atom. The highest BCUT2D eigenvalue weighted by Gasteiger charge is 2.36. The maximum Gasteiger partial charge on any atom is 0.168 e. The SMILES string of the molecule is COc1cc(CC(O)(Cn2cncn2)c2ccc(F)cc2F)c(OC)c(OC)c1C(C)C. The molecule has 172 valence electrons.